The fraction of sp³-hybridized carbons (Fsp3) is 0.190. The molecular formula is C21H19N3O3S. The maximum atomic E-state index is 12.7. The van der Waals surface area contributed by atoms with Crippen molar-refractivity contribution in [1.29, 1.82) is 0 Å². The van der Waals surface area contributed by atoms with Crippen LogP contribution in [0.25, 0.3) is 5.69 Å². The Hall–Kier alpha value is -3.06. The van der Waals surface area contributed by atoms with Gasteiger partial charge in [-0.3, -0.25) is 14.2 Å². The van der Waals surface area contributed by atoms with E-state index >= 15 is 0 Å². The van der Waals surface area contributed by atoms with E-state index in [0.29, 0.717) is 17.0 Å². The number of fused-ring (bicyclic) bond motifs is 1. The van der Waals surface area contributed by atoms with Gasteiger partial charge in [0.25, 0.3) is 5.91 Å². The third-order valence-electron chi connectivity index (χ3n) is 4.50. The summed E-state index contributed by atoms with van der Waals surface area (Å²) in [5.74, 6) is 0.564. The van der Waals surface area contributed by atoms with Crippen LogP contribution in [0.15, 0.2) is 53.9 Å². The quantitative estimate of drug-likeness (QED) is 0.527. The zero-order valence-electron chi connectivity index (χ0n) is 15.6. The van der Waals surface area contributed by atoms with E-state index in [4.69, 9.17) is 4.74 Å². The number of benzene rings is 2. The number of imidazole rings is 1. The Bertz CT molecular complexity index is 1070. The molecule has 0 aliphatic carbocycles. The smallest absolute Gasteiger partial charge is 0.262 e. The molecule has 0 unspecified atom stereocenters. The molecule has 0 saturated heterocycles. The van der Waals surface area contributed by atoms with Gasteiger partial charge in [0, 0.05) is 18.0 Å². The molecule has 0 bridgehead atoms. The second kappa shape index (κ2) is 7.52. The van der Waals surface area contributed by atoms with E-state index in [9.17, 15) is 9.59 Å². The summed E-state index contributed by atoms with van der Waals surface area (Å²) in [5, 5.41) is 3.49. The second-order valence-electron chi connectivity index (χ2n) is 6.63. The SMILES string of the molecule is Cc1ccc(C)c(-n2ccnc2SCC(=O)c2ccc3c(c2)NC(=O)CO3)c1. The molecule has 1 aliphatic rings. The number of Topliss-reactive ketones (excluding diaryl/α,β-unsaturated/α-hetero) is 1. The topological polar surface area (TPSA) is 73.2 Å². The average molecular weight is 393 g/mol. The van der Waals surface area contributed by atoms with Crippen molar-refractivity contribution in [2.45, 2.75) is 19.0 Å². The van der Waals surface area contributed by atoms with Gasteiger partial charge in [-0.05, 0) is 49.2 Å². The summed E-state index contributed by atoms with van der Waals surface area (Å²) in [6.07, 6.45) is 3.64. The van der Waals surface area contributed by atoms with Crippen molar-refractivity contribution < 1.29 is 14.3 Å². The van der Waals surface area contributed by atoms with Crippen LogP contribution >= 0.6 is 11.8 Å². The molecule has 142 valence electrons. The monoisotopic (exact) mass is 393 g/mol. The van der Waals surface area contributed by atoms with Crippen LogP contribution in [0.3, 0.4) is 0 Å². The van der Waals surface area contributed by atoms with Crippen molar-refractivity contribution in [1.82, 2.24) is 9.55 Å². The summed E-state index contributed by atoms with van der Waals surface area (Å²) in [5.41, 5.74) is 4.42. The molecular weight excluding hydrogens is 374 g/mol. The van der Waals surface area contributed by atoms with Crippen LogP contribution < -0.4 is 10.1 Å². The van der Waals surface area contributed by atoms with Gasteiger partial charge in [-0.25, -0.2) is 4.98 Å². The summed E-state index contributed by atoms with van der Waals surface area (Å²) in [6, 6.07) is 11.3. The van der Waals surface area contributed by atoms with Crippen LogP contribution in [0.4, 0.5) is 5.69 Å². The van der Waals surface area contributed by atoms with E-state index in [1.807, 2.05) is 10.8 Å². The Balaban J connectivity index is 1.51. The first-order chi connectivity index (χ1) is 13.5. The lowest BCUT2D eigenvalue weighted by atomic mass is 10.1. The molecule has 0 spiro atoms. The van der Waals surface area contributed by atoms with E-state index in [2.05, 4.69) is 42.3 Å². The zero-order chi connectivity index (χ0) is 19.7. The fourth-order valence-corrected chi connectivity index (χ4v) is 3.89. The number of amides is 1. The van der Waals surface area contributed by atoms with Crippen LogP contribution in [0, 0.1) is 13.8 Å². The van der Waals surface area contributed by atoms with Gasteiger partial charge in [0.15, 0.2) is 17.5 Å². The van der Waals surface area contributed by atoms with Crippen LogP contribution in [0.2, 0.25) is 0 Å². The van der Waals surface area contributed by atoms with Gasteiger partial charge in [0.1, 0.15) is 5.75 Å². The standard InChI is InChI=1S/C21H19N3O3S/c1-13-3-4-14(2)17(9-13)24-8-7-22-21(24)28-12-18(25)15-5-6-19-16(10-15)23-20(26)11-27-19/h3-10H,11-12H2,1-2H3,(H,23,26). The lowest BCUT2D eigenvalue weighted by Gasteiger charge is -2.18. The second-order valence-corrected chi connectivity index (χ2v) is 7.57. The van der Waals surface area contributed by atoms with E-state index < -0.39 is 0 Å². The number of nitrogens with one attached hydrogen (secondary N) is 1. The molecule has 0 fully saturated rings. The maximum Gasteiger partial charge on any atom is 0.262 e. The molecule has 7 heteroatoms. The van der Waals surface area contributed by atoms with Crippen molar-refractivity contribution in [3.63, 3.8) is 0 Å². The number of thioether (sulfide) groups is 1. The number of carbonyl (C=O) groups is 2. The molecule has 3 aromatic rings. The van der Waals surface area contributed by atoms with E-state index in [0.717, 1.165) is 16.4 Å². The third-order valence-corrected chi connectivity index (χ3v) is 5.46. The van der Waals surface area contributed by atoms with Crippen molar-refractivity contribution in [3.8, 4) is 11.4 Å². The molecule has 28 heavy (non-hydrogen) atoms. The number of ketones is 1. The molecule has 1 aromatic heterocycles. The number of hydrogen-bond acceptors (Lipinski definition) is 5. The number of anilines is 1. The number of ether oxygens (including phenoxy) is 1. The molecule has 2 heterocycles. The highest BCUT2D eigenvalue weighted by Gasteiger charge is 2.18. The summed E-state index contributed by atoms with van der Waals surface area (Å²) in [6.45, 7) is 4.10. The van der Waals surface area contributed by atoms with E-state index in [1.165, 1.54) is 17.3 Å². The Kier molecular flexibility index (Phi) is 4.92. The van der Waals surface area contributed by atoms with Gasteiger partial charge in [-0.15, -0.1) is 0 Å². The summed E-state index contributed by atoms with van der Waals surface area (Å²) >= 11 is 1.39. The molecule has 1 aliphatic heterocycles. The largest absolute Gasteiger partial charge is 0.482 e. The van der Waals surface area contributed by atoms with Crippen LogP contribution in [0.5, 0.6) is 5.75 Å². The Morgan fingerprint density at radius 2 is 2.11 bits per heavy atom. The first-order valence-electron chi connectivity index (χ1n) is 8.85. The number of carbonyl (C=O) groups excluding carboxylic acids is 2. The molecule has 0 atom stereocenters. The predicted octanol–water partition coefficient (Wildman–Crippen LogP) is 3.80. The molecule has 4 rings (SSSR count). The van der Waals surface area contributed by atoms with E-state index in [-0.39, 0.29) is 24.1 Å². The molecule has 0 radical (unpaired) electrons. The highest BCUT2D eigenvalue weighted by Crippen LogP contribution is 2.30. The number of rotatable bonds is 5. The minimum Gasteiger partial charge on any atom is -0.482 e. The number of nitrogens with zero attached hydrogens (tertiary/aromatic N) is 2. The van der Waals surface area contributed by atoms with E-state index in [1.54, 1.807) is 24.4 Å². The predicted molar refractivity (Wildman–Crippen MR) is 109 cm³/mol. The van der Waals surface area contributed by atoms with Gasteiger partial charge in [-0.1, -0.05) is 23.9 Å². The number of aryl methyl sites for hydroxylation is 2. The first-order valence-corrected chi connectivity index (χ1v) is 9.83. The summed E-state index contributed by atoms with van der Waals surface area (Å²) in [4.78, 5) is 28.5. The third kappa shape index (κ3) is 3.66. The van der Waals surface area contributed by atoms with Gasteiger partial charge in [-0.2, -0.15) is 0 Å². The van der Waals surface area contributed by atoms with Gasteiger partial charge < -0.3 is 10.1 Å². The molecule has 1 amide bonds. The van der Waals surface area contributed by atoms with Crippen molar-refractivity contribution >= 4 is 29.1 Å². The Labute approximate surface area is 166 Å². The van der Waals surface area contributed by atoms with Gasteiger partial charge in [0.2, 0.25) is 0 Å². The number of hydrogen-bond donors (Lipinski definition) is 1. The normalized spacial score (nSPS) is 12.9. The summed E-state index contributed by atoms with van der Waals surface area (Å²) in [7, 11) is 0. The number of aromatic nitrogens is 2. The minimum atomic E-state index is -0.220. The molecule has 2 aromatic carbocycles. The summed E-state index contributed by atoms with van der Waals surface area (Å²) < 4.78 is 7.33. The van der Waals surface area contributed by atoms with Crippen molar-refractivity contribution in [2.75, 3.05) is 17.7 Å². The van der Waals surface area contributed by atoms with Crippen LogP contribution in [-0.4, -0.2) is 33.6 Å². The lowest BCUT2D eigenvalue weighted by molar-refractivity contribution is -0.118. The highest BCUT2D eigenvalue weighted by atomic mass is 32.2. The maximum absolute atomic E-state index is 12.7. The fourth-order valence-electron chi connectivity index (χ4n) is 3.03. The molecule has 6 nitrogen and oxygen atoms in total. The Morgan fingerprint density at radius 3 is 2.96 bits per heavy atom. The van der Waals surface area contributed by atoms with Gasteiger partial charge in [0.05, 0.1) is 17.1 Å². The van der Waals surface area contributed by atoms with Crippen LogP contribution in [-0.2, 0) is 4.79 Å². The lowest BCUT2D eigenvalue weighted by Crippen LogP contribution is -2.25. The molecule has 1 N–H and O–H groups in total. The zero-order valence-corrected chi connectivity index (χ0v) is 16.4. The first kappa shape index (κ1) is 18.3. The van der Waals surface area contributed by atoms with Crippen molar-refractivity contribution in [3.05, 3.63) is 65.5 Å². The molecule has 0 saturated carbocycles. The van der Waals surface area contributed by atoms with Gasteiger partial charge >= 0.3 is 0 Å². The minimum absolute atomic E-state index is 0.00280. The van der Waals surface area contributed by atoms with Crippen LogP contribution in [0.1, 0.15) is 21.5 Å². The average Bonchev–Trinajstić information content (AvgIpc) is 3.15. The highest BCUT2D eigenvalue weighted by molar-refractivity contribution is 7.99. The van der Waals surface area contributed by atoms with Crippen molar-refractivity contribution in [2.24, 2.45) is 0 Å². The Morgan fingerprint density at radius 1 is 1.25 bits per heavy atom.